The zero-order valence-electron chi connectivity index (χ0n) is 10.6. The highest BCUT2D eigenvalue weighted by atomic mass is 16.5. The van der Waals surface area contributed by atoms with Crippen molar-refractivity contribution in [2.45, 2.75) is 38.6 Å². The lowest BCUT2D eigenvalue weighted by molar-refractivity contribution is 0.276. The van der Waals surface area contributed by atoms with Gasteiger partial charge in [0.1, 0.15) is 5.75 Å². The summed E-state index contributed by atoms with van der Waals surface area (Å²) in [6, 6.07) is 7.72. The summed E-state index contributed by atoms with van der Waals surface area (Å²) in [4.78, 5) is 0. The summed E-state index contributed by atoms with van der Waals surface area (Å²) in [6.07, 6.45) is 4.07. The first-order valence-electron chi connectivity index (χ1n) is 6.37. The molecule has 0 aromatic heterocycles. The van der Waals surface area contributed by atoms with E-state index in [1.807, 2.05) is 24.3 Å². The molecule has 96 valence electrons. The van der Waals surface area contributed by atoms with Crippen molar-refractivity contribution in [1.82, 2.24) is 0 Å². The molecule has 1 aromatic carbocycles. The number of hydrogen-bond acceptors (Lipinski definition) is 3. The van der Waals surface area contributed by atoms with Crippen LogP contribution < -0.4 is 10.5 Å². The summed E-state index contributed by atoms with van der Waals surface area (Å²) in [5.74, 6) is 0.868. The van der Waals surface area contributed by atoms with Gasteiger partial charge in [0, 0.05) is 12.6 Å². The van der Waals surface area contributed by atoms with E-state index >= 15 is 0 Å². The van der Waals surface area contributed by atoms with Gasteiger partial charge in [-0.15, -0.1) is 0 Å². The van der Waals surface area contributed by atoms with Crippen molar-refractivity contribution in [2.24, 2.45) is 5.73 Å². The number of aliphatic hydroxyl groups excluding tert-OH is 1. The Morgan fingerprint density at radius 2 is 2.18 bits per heavy atom. The van der Waals surface area contributed by atoms with Gasteiger partial charge in [0.2, 0.25) is 0 Å². The van der Waals surface area contributed by atoms with Gasteiger partial charge < -0.3 is 15.6 Å². The van der Waals surface area contributed by atoms with E-state index in [9.17, 15) is 0 Å². The Morgan fingerprint density at radius 3 is 2.88 bits per heavy atom. The van der Waals surface area contributed by atoms with Gasteiger partial charge in [-0.2, -0.15) is 0 Å². The molecule has 0 heterocycles. The predicted octanol–water partition coefficient (Wildman–Crippen LogP) is 2.64. The second kappa shape index (κ2) is 8.09. The largest absolute Gasteiger partial charge is 0.494 e. The minimum Gasteiger partial charge on any atom is -0.494 e. The highest BCUT2D eigenvalue weighted by Crippen LogP contribution is 2.20. The van der Waals surface area contributed by atoms with Crippen molar-refractivity contribution in [3.05, 3.63) is 29.8 Å². The molecule has 17 heavy (non-hydrogen) atoms. The number of unbranched alkanes of at least 4 members (excludes halogenated alkanes) is 2. The average molecular weight is 237 g/mol. The molecule has 1 unspecified atom stereocenters. The average Bonchev–Trinajstić information content (AvgIpc) is 2.35. The van der Waals surface area contributed by atoms with E-state index in [1.54, 1.807) is 0 Å². The van der Waals surface area contributed by atoms with Crippen LogP contribution in [0.5, 0.6) is 5.75 Å². The van der Waals surface area contributed by atoms with Crippen LogP contribution in [-0.4, -0.2) is 18.3 Å². The van der Waals surface area contributed by atoms with Crippen LogP contribution in [0.4, 0.5) is 0 Å². The summed E-state index contributed by atoms with van der Waals surface area (Å²) < 4.78 is 5.66. The topological polar surface area (TPSA) is 55.5 Å². The van der Waals surface area contributed by atoms with Crippen molar-refractivity contribution in [1.29, 1.82) is 0 Å². The van der Waals surface area contributed by atoms with Crippen LogP contribution >= 0.6 is 0 Å². The van der Waals surface area contributed by atoms with Gasteiger partial charge in [-0.3, -0.25) is 0 Å². The molecule has 0 radical (unpaired) electrons. The van der Waals surface area contributed by atoms with E-state index in [1.165, 1.54) is 12.8 Å². The van der Waals surface area contributed by atoms with Gasteiger partial charge in [-0.25, -0.2) is 0 Å². The summed E-state index contributed by atoms with van der Waals surface area (Å²) in [5, 5.41) is 8.86. The lowest BCUT2D eigenvalue weighted by Gasteiger charge is -2.12. The zero-order valence-corrected chi connectivity index (χ0v) is 10.6. The molecule has 0 spiro atoms. The Morgan fingerprint density at radius 1 is 1.35 bits per heavy atom. The van der Waals surface area contributed by atoms with E-state index < -0.39 is 0 Å². The molecular weight excluding hydrogens is 214 g/mol. The van der Waals surface area contributed by atoms with Crippen LogP contribution in [0.3, 0.4) is 0 Å². The molecule has 0 aliphatic carbocycles. The number of benzene rings is 1. The summed E-state index contributed by atoms with van der Waals surface area (Å²) in [5.41, 5.74) is 6.96. The first-order valence-corrected chi connectivity index (χ1v) is 6.37. The van der Waals surface area contributed by atoms with E-state index in [0.717, 1.165) is 24.3 Å². The Kier molecular flexibility index (Phi) is 6.67. The molecule has 0 saturated carbocycles. The molecule has 3 heteroatoms. The molecule has 3 N–H and O–H groups in total. The van der Waals surface area contributed by atoms with E-state index in [0.29, 0.717) is 6.42 Å². The molecule has 1 atom stereocenters. The van der Waals surface area contributed by atoms with Crippen molar-refractivity contribution in [2.75, 3.05) is 13.2 Å². The third-order valence-corrected chi connectivity index (χ3v) is 2.74. The lowest BCUT2D eigenvalue weighted by atomic mass is 10.1. The van der Waals surface area contributed by atoms with Gasteiger partial charge in [0.25, 0.3) is 0 Å². The number of rotatable bonds is 8. The molecule has 0 aliphatic heterocycles. The van der Waals surface area contributed by atoms with Gasteiger partial charge in [0.15, 0.2) is 0 Å². The van der Waals surface area contributed by atoms with Crippen molar-refractivity contribution in [3.63, 3.8) is 0 Å². The second-order valence-electron chi connectivity index (χ2n) is 4.25. The van der Waals surface area contributed by atoms with Crippen LogP contribution in [0, 0.1) is 0 Å². The number of aliphatic hydroxyl groups is 1. The Hall–Kier alpha value is -1.06. The van der Waals surface area contributed by atoms with Gasteiger partial charge in [0.05, 0.1) is 6.61 Å². The third kappa shape index (κ3) is 5.20. The standard InChI is InChI=1S/C14H23NO2/c1-2-3-4-10-17-13-7-5-6-12(11-13)14(15)8-9-16/h5-7,11,14,16H,2-4,8-10,15H2,1H3. The first-order chi connectivity index (χ1) is 8.27. The highest BCUT2D eigenvalue weighted by molar-refractivity contribution is 5.30. The molecule has 1 aromatic rings. The van der Waals surface area contributed by atoms with Crippen LogP contribution in [0.2, 0.25) is 0 Å². The van der Waals surface area contributed by atoms with Crippen molar-refractivity contribution in [3.8, 4) is 5.75 Å². The molecule has 3 nitrogen and oxygen atoms in total. The fourth-order valence-corrected chi connectivity index (χ4v) is 1.68. The molecule has 0 fully saturated rings. The SMILES string of the molecule is CCCCCOc1cccc(C(N)CCO)c1. The molecule has 0 bridgehead atoms. The number of hydrogen-bond donors (Lipinski definition) is 2. The minimum atomic E-state index is -0.112. The fraction of sp³-hybridized carbons (Fsp3) is 0.571. The van der Waals surface area contributed by atoms with Crippen LogP contribution in [0.25, 0.3) is 0 Å². The van der Waals surface area contributed by atoms with Gasteiger partial charge in [-0.1, -0.05) is 31.9 Å². The smallest absolute Gasteiger partial charge is 0.119 e. The van der Waals surface area contributed by atoms with E-state index in [-0.39, 0.29) is 12.6 Å². The maximum atomic E-state index is 8.86. The van der Waals surface area contributed by atoms with Crippen LogP contribution in [0.15, 0.2) is 24.3 Å². The molecule has 0 saturated heterocycles. The second-order valence-corrected chi connectivity index (χ2v) is 4.25. The van der Waals surface area contributed by atoms with Gasteiger partial charge in [-0.05, 0) is 30.5 Å². The van der Waals surface area contributed by atoms with E-state index in [2.05, 4.69) is 6.92 Å². The monoisotopic (exact) mass is 237 g/mol. The van der Waals surface area contributed by atoms with Crippen molar-refractivity contribution < 1.29 is 9.84 Å². The third-order valence-electron chi connectivity index (χ3n) is 2.74. The summed E-state index contributed by atoms with van der Waals surface area (Å²) in [7, 11) is 0. The number of ether oxygens (including phenoxy) is 1. The Labute approximate surface area is 104 Å². The normalized spacial score (nSPS) is 12.4. The van der Waals surface area contributed by atoms with E-state index in [4.69, 9.17) is 15.6 Å². The maximum absolute atomic E-state index is 8.86. The molecule has 0 amide bonds. The summed E-state index contributed by atoms with van der Waals surface area (Å²) >= 11 is 0. The predicted molar refractivity (Wildman–Crippen MR) is 70.1 cm³/mol. The Bertz CT molecular complexity index is 315. The highest BCUT2D eigenvalue weighted by Gasteiger charge is 2.06. The lowest BCUT2D eigenvalue weighted by Crippen LogP contribution is -2.12. The van der Waals surface area contributed by atoms with Crippen LogP contribution in [0.1, 0.15) is 44.2 Å². The van der Waals surface area contributed by atoms with Crippen LogP contribution in [-0.2, 0) is 0 Å². The van der Waals surface area contributed by atoms with Crippen molar-refractivity contribution >= 4 is 0 Å². The summed E-state index contributed by atoms with van der Waals surface area (Å²) in [6.45, 7) is 3.05. The number of nitrogens with two attached hydrogens (primary N) is 1. The first kappa shape index (κ1) is 14.0. The Balaban J connectivity index is 2.47. The van der Waals surface area contributed by atoms with Gasteiger partial charge >= 0.3 is 0 Å². The maximum Gasteiger partial charge on any atom is 0.119 e. The zero-order chi connectivity index (χ0) is 12.5. The minimum absolute atomic E-state index is 0.112. The molecular formula is C14H23NO2. The molecule has 0 aliphatic rings. The quantitative estimate of drug-likeness (QED) is 0.683. The molecule has 1 rings (SSSR count). The fourth-order valence-electron chi connectivity index (χ4n) is 1.68.